The van der Waals surface area contributed by atoms with E-state index >= 15 is 0 Å². The number of aliphatic carboxylic acids is 1. The van der Waals surface area contributed by atoms with Crippen LogP contribution in [0.2, 0.25) is 0 Å². The van der Waals surface area contributed by atoms with E-state index in [2.05, 4.69) is 5.32 Å². The highest BCUT2D eigenvalue weighted by molar-refractivity contribution is 5.82. The molecule has 0 aromatic heterocycles. The van der Waals surface area contributed by atoms with Crippen LogP contribution in [0.1, 0.15) is 82.7 Å². The van der Waals surface area contributed by atoms with Gasteiger partial charge in [-0.05, 0) is 48.4 Å². The zero-order valence-electron chi connectivity index (χ0n) is 24.9. The number of ether oxygens (including phenoxy) is 2. The fourth-order valence-corrected chi connectivity index (χ4v) is 5.87. The first-order valence-corrected chi connectivity index (χ1v) is 13.8. The molecule has 1 aliphatic rings. The van der Waals surface area contributed by atoms with Crippen LogP contribution in [0.15, 0.2) is 42.5 Å². The summed E-state index contributed by atoms with van der Waals surface area (Å²) in [6.45, 7) is 13.3. The zero-order chi connectivity index (χ0) is 30.9. The van der Waals surface area contributed by atoms with Gasteiger partial charge in [-0.15, -0.1) is 0 Å². The lowest BCUT2D eigenvalue weighted by atomic mass is 9.72. The highest BCUT2D eigenvalue weighted by atomic mass is 19.4. The quantitative estimate of drug-likeness (QED) is 0.350. The van der Waals surface area contributed by atoms with E-state index in [1.807, 2.05) is 58.9 Å². The number of carboxylic acid groups (broad SMARTS) is 1. The molecular weight excluding hydrogens is 537 g/mol. The van der Waals surface area contributed by atoms with Crippen molar-refractivity contribution in [2.45, 2.75) is 91.3 Å². The Hall–Kier alpha value is -3.27. The van der Waals surface area contributed by atoms with E-state index in [1.54, 1.807) is 13.8 Å². The van der Waals surface area contributed by atoms with E-state index in [-0.39, 0.29) is 18.2 Å². The molecule has 2 aromatic carbocycles. The average Bonchev–Trinajstić information content (AvgIpc) is 3.22. The average molecular weight is 579 g/mol. The van der Waals surface area contributed by atoms with Gasteiger partial charge in [-0.25, -0.2) is 9.59 Å². The molecule has 4 atom stereocenters. The number of halogens is 3. The van der Waals surface area contributed by atoms with Crippen LogP contribution in [0.3, 0.4) is 0 Å². The van der Waals surface area contributed by atoms with Crippen LogP contribution in [0.25, 0.3) is 0 Å². The molecule has 0 radical (unpaired) electrons. The van der Waals surface area contributed by atoms with Gasteiger partial charge in [0.1, 0.15) is 11.8 Å². The van der Waals surface area contributed by atoms with Gasteiger partial charge >= 0.3 is 18.2 Å². The van der Waals surface area contributed by atoms with Crippen molar-refractivity contribution in [2.75, 3.05) is 7.11 Å². The van der Waals surface area contributed by atoms with Crippen LogP contribution in [0.4, 0.5) is 18.0 Å². The van der Waals surface area contributed by atoms with Crippen molar-refractivity contribution in [3.8, 4) is 5.75 Å². The minimum absolute atomic E-state index is 0.0580. The van der Waals surface area contributed by atoms with Crippen LogP contribution >= 0.6 is 0 Å². The Morgan fingerprint density at radius 1 is 1.05 bits per heavy atom. The fraction of sp³-hybridized carbons (Fsp3) is 0.548. The predicted molar refractivity (Wildman–Crippen MR) is 150 cm³/mol. The third kappa shape index (κ3) is 6.97. The molecule has 226 valence electrons. The van der Waals surface area contributed by atoms with Crippen molar-refractivity contribution in [3.05, 3.63) is 64.7 Å². The highest BCUT2D eigenvalue weighted by Crippen LogP contribution is 2.49. The third-order valence-corrected chi connectivity index (χ3v) is 7.55. The first-order valence-electron chi connectivity index (χ1n) is 13.8. The number of nitrogens with zero attached hydrogens (tertiary/aromatic N) is 1. The molecule has 1 saturated heterocycles. The molecule has 1 amide bonds. The molecule has 0 bridgehead atoms. The van der Waals surface area contributed by atoms with Gasteiger partial charge in [0, 0.05) is 24.1 Å². The molecule has 0 spiro atoms. The maximum atomic E-state index is 13.6. The van der Waals surface area contributed by atoms with Crippen molar-refractivity contribution < 1.29 is 37.3 Å². The number of alkyl halides is 3. The molecule has 1 aliphatic heterocycles. The summed E-state index contributed by atoms with van der Waals surface area (Å²) in [4.78, 5) is 27.9. The summed E-state index contributed by atoms with van der Waals surface area (Å²) in [6.07, 6.45) is -5.74. The van der Waals surface area contributed by atoms with Gasteiger partial charge < -0.3 is 19.9 Å². The van der Waals surface area contributed by atoms with Crippen molar-refractivity contribution in [1.29, 1.82) is 0 Å². The number of methoxy groups -OCH3 is 1. The maximum absolute atomic E-state index is 13.6. The monoisotopic (exact) mass is 578 g/mol. The molecule has 0 aliphatic carbocycles. The largest absolute Gasteiger partial charge is 0.496 e. The standard InChI is InChI=1S/C31H41F3N2O5/c1-17(2)21-11-9-10-12-22(21)26-25(35-16-19-13-14-20(31(32,33)34)15-23(19)40-8)24(30(5,6)7)27(28(37)38)36(26)29(39)41-18(3)4/h9-15,17-18,24-27,35H,16H2,1-8H3,(H,37,38)/t24-,25-,26-,27-/m0/s1. The molecule has 41 heavy (non-hydrogen) atoms. The van der Waals surface area contributed by atoms with E-state index < -0.39 is 59.4 Å². The summed E-state index contributed by atoms with van der Waals surface area (Å²) in [6, 6.07) is 8.35. The molecule has 3 rings (SSSR count). The molecule has 1 heterocycles. The van der Waals surface area contributed by atoms with Crippen molar-refractivity contribution in [1.82, 2.24) is 10.2 Å². The summed E-state index contributed by atoms with van der Waals surface area (Å²) >= 11 is 0. The molecule has 2 aromatic rings. The van der Waals surface area contributed by atoms with E-state index in [1.165, 1.54) is 18.1 Å². The Kier molecular flexibility index (Phi) is 9.68. The Morgan fingerprint density at radius 2 is 1.68 bits per heavy atom. The number of hydrogen-bond donors (Lipinski definition) is 2. The number of hydrogen-bond acceptors (Lipinski definition) is 5. The second-order valence-electron chi connectivity index (χ2n) is 12.2. The summed E-state index contributed by atoms with van der Waals surface area (Å²) < 4.78 is 50.9. The summed E-state index contributed by atoms with van der Waals surface area (Å²) in [7, 11) is 1.30. The van der Waals surface area contributed by atoms with E-state index in [0.29, 0.717) is 5.56 Å². The van der Waals surface area contributed by atoms with Crippen LogP contribution in [0, 0.1) is 11.3 Å². The lowest BCUT2D eigenvalue weighted by Crippen LogP contribution is -2.48. The number of benzene rings is 2. The van der Waals surface area contributed by atoms with Crippen molar-refractivity contribution >= 4 is 12.1 Å². The first kappa shape index (κ1) is 32.2. The van der Waals surface area contributed by atoms with Crippen LogP contribution < -0.4 is 10.1 Å². The minimum atomic E-state index is -4.53. The van der Waals surface area contributed by atoms with E-state index in [9.17, 15) is 27.9 Å². The van der Waals surface area contributed by atoms with Gasteiger partial charge in [0.05, 0.1) is 24.8 Å². The fourth-order valence-electron chi connectivity index (χ4n) is 5.87. The van der Waals surface area contributed by atoms with Gasteiger partial charge in [0.25, 0.3) is 0 Å². The number of nitrogens with one attached hydrogen (secondary N) is 1. The summed E-state index contributed by atoms with van der Waals surface area (Å²) in [5, 5.41) is 14.0. The number of carbonyl (C=O) groups is 2. The number of carbonyl (C=O) groups excluding carboxylic acids is 1. The molecule has 2 N–H and O–H groups in total. The topological polar surface area (TPSA) is 88.1 Å². The Balaban J connectivity index is 2.20. The molecule has 7 nitrogen and oxygen atoms in total. The molecule has 0 saturated carbocycles. The van der Waals surface area contributed by atoms with Gasteiger partial charge in [0.15, 0.2) is 0 Å². The Morgan fingerprint density at radius 3 is 2.20 bits per heavy atom. The van der Waals surface area contributed by atoms with Crippen LogP contribution in [-0.4, -0.2) is 47.4 Å². The first-order chi connectivity index (χ1) is 19.0. The summed E-state index contributed by atoms with van der Waals surface area (Å²) in [5.41, 5.74) is 0.793. The minimum Gasteiger partial charge on any atom is -0.496 e. The Labute approximate surface area is 240 Å². The lowest BCUT2D eigenvalue weighted by Gasteiger charge is -2.35. The number of carboxylic acids is 1. The second-order valence-corrected chi connectivity index (χ2v) is 12.2. The molecule has 0 unspecified atom stereocenters. The van der Waals surface area contributed by atoms with Crippen molar-refractivity contribution in [2.24, 2.45) is 11.3 Å². The van der Waals surface area contributed by atoms with Gasteiger partial charge in [0.2, 0.25) is 0 Å². The van der Waals surface area contributed by atoms with Gasteiger partial charge in [-0.3, -0.25) is 4.90 Å². The SMILES string of the molecule is COc1cc(C(F)(F)F)ccc1CN[C@H]1[C@H](C(C)(C)C)[C@@H](C(=O)O)N(C(=O)OC(C)C)[C@H]1c1ccccc1C(C)C. The van der Waals surface area contributed by atoms with Crippen LogP contribution in [0.5, 0.6) is 5.75 Å². The maximum Gasteiger partial charge on any atom is 0.416 e. The van der Waals surface area contributed by atoms with Crippen molar-refractivity contribution in [3.63, 3.8) is 0 Å². The van der Waals surface area contributed by atoms with E-state index in [0.717, 1.165) is 23.3 Å². The summed E-state index contributed by atoms with van der Waals surface area (Å²) in [5.74, 6) is -1.62. The normalized spacial score (nSPS) is 21.4. The second kappa shape index (κ2) is 12.3. The van der Waals surface area contributed by atoms with E-state index in [4.69, 9.17) is 9.47 Å². The van der Waals surface area contributed by atoms with Gasteiger partial charge in [-0.1, -0.05) is 65.0 Å². The number of rotatable bonds is 8. The number of likely N-dealkylation sites (tertiary alicyclic amines) is 1. The smallest absolute Gasteiger partial charge is 0.416 e. The predicted octanol–water partition coefficient (Wildman–Crippen LogP) is 7.01. The molecular formula is C31H41F3N2O5. The van der Waals surface area contributed by atoms with Gasteiger partial charge in [-0.2, -0.15) is 13.2 Å². The Bertz CT molecular complexity index is 1240. The van der Waals surface area contributed by atoms with Crippen LogP contribution in [-0.2, 0) is 22.3 Å². The molecule has 1 fully saturated rings. The molecule has 10 heteroatoms. The number of amides is 1. The lowest BCUT2D eigenvalue weighted by molar-refractivity contribution is -0.145. The zero-order valence-corrected chi connectivity index (χ0v) is 24.9. The third-order valence-electron chi connectivity index (χ3n) is 7.55. The highest BCUT2D eigenvalue weighted by Gasteiger charge is 2.59.